The molecule has 80 valence electrons. The van der Waals surface area contributed by atoms with E-state index in [0.29, 0.717) is 6.42 Å². The van der Waals surface area contributed by atoms with Crippen LogP contribution in [0.3, 0.4) is 0 Å². The highest BCUT2D eigenvalue weighted by atomic mass is 35.5. The first-order chi connectivity index (χ1) is 5.89. The van der Waals surface area contributed by atoms with Crippen LogP contribution in [-0.2, 0) is 4.79 Å². The molecule has 0 fully saturated rings. The van der Waals surface area contributed by atoms with Crippen LogP contribution in [0.1, 0.15) is 20.3 Å². The van der Waals surface area contributed by atoms with Crippen molar-refractivity contribution in [1.82, 2.24) is 5.32 Å². The van der Waals surface area contributed by atoms with Gasteiger partial charge in [-0.3, -0.25) is 10.1 Å². The molecule has 0 atom stereocenters. The zero-order valence-electron chi connectivity index (χ0n) is 8.07. The highest BCUT2D eigenvalue weighted by molar-refractivity contribution is 6.04. The Kier molecular flexibility index (Phi) is 3.88. The Hall–Kier alpha value is -1.30. The molecule has 0 radical (unpaired) electrons. The Morgan fingerprint density at radius 1 is 1.57 bits per heavy atom. The smallest absolute Gasteiger partial charge is 0.229 e. The molecule has 1 aliphatic rings. The number of nitrogens with two attached hydrogens (primary N) is 2. The van der Waals surface area contributed by atoms with E-state index in [-0.39, 0.29) is 30.2 Å². The van der Waals surface area contributed by atoms with Crippen LogP contribution >= 0.6 is 12.4 Å². The summed E-state index contributed by atoms with van der Waals surface area (Å²) < 4.78 is 0. The lowest BCUT2D eigenvalue weighted by Gasteiger charge is -2.24. The van der Waals surface area contributed by atoms with Gasteiger partial charge < -0.3 is 11.5 Å². The number of carbonyl (C=O) groups excluding carboxylic acids is 1. The lowest BCUT2D eigenvalue weighted by molar-refractivity contribution is -0.121. The summed E-state index contributed by atoms with van der Waals surface area (Å²) in [7, 11) is 0. The largest absolute Gasteiger partial charge is 0.370 e. The molecule has 0 bridgehead atoms. The van der Waals surface area contributed by atoms with E-state index >= 15 is 0 Å². The normalized spacial score (nSPS) is 18.7. The molecular weight excluding hydrogens is 206 g/mol. The van der Waals surface area contributed by atoms with E-state index in [1.165, 1.54) is 0 Å². The minimum Gasteiger partial charge on any atom is -0.370 e. The van der Waals surface area contributed by atoms with Crippen molar-refractivity contribution < 1.29 is 4.79 Å². The predicted molar refractivity (Wildman–Crippen MR) is 57.3 cm³/mol. The van der Waals surface area contributed by atoms with Crippen LogP contribution in [-0.4, -0.2) is 23.4 Å². The van der Waals surface area contributed by atoms with Crippen LogP contribution in [0, 0.1) is 0 Å². The van der Waals surface area contributed by atoms with Gasteiger partial charge in [0.2, 0.25) is 11.9 Å². The standard InChI is InChI=1S/C7H13N5O.ClH/c1-7(2)3-4(13)10-6(12-7)11-5(8)9;/h3H2,1-2H3,(H5,8,9,10,11,12,13);1H. The molecule has 7 heteroatoms. The predicted octanol–water partition coefficient (Wildman–Crippen LogP) is -0.664. The van der Waals surface area contributed by atoms with Crippen LogP contribution in [0.5, 0.6) is 0 Å². The molecule has 1 aliphatic heterocycles. The maximum Gasteiger partial charge on any atom is 0.229 e. The SMILES string of the molecule is CC1(C)CC(=O)NC(N=C(N)N)=N1.Cl. The average molecular weight is 220 g/mol. The van der Waals surface area contributed by atoms with E-state index in [9.17, 15) is 4.79 Å². The first-order valence-corrected chi connectivity index (χ1v) is 3.88. The second-order valence-corrected chi connectivity index (χ2v) is 3.51. The monoisotopic (exact) mass is 219 g/mol. The summed E-state index contributed by atoms with van der Waals surface area (Å²) in [6.45, 7) is 3.68. The molecule has 0 saturated heterocycles. The van der Waals surface area contributed by atoms with Gasteiger partial charge in [0, 0.05) is 0 Å². The summed E-state index contributed by atoms with van der Waals surface area (Å²) in [5, 5.41) is 2.47. The summed E-state index contributed by atoms with van der Waals surface area (Å²) in [6.07, 6.45) is 0.344. The topological polar surface area (TPSA) is 106 Å². The van der Waals surface area contributed by atoms with E-state index in [2.05, 4.69) is 15.3 Å². The van der Waals surface area contributed by atoms with Gasteiger partial charge in [-0.25, -0.2) is 4.99 Å². The van der Waals surface area contributed by atoms with E-state index in [0.717, 1.165) is 0 Å². The molecule has 0 aromatic rings. The molecule has 0 unspecified atom stereocenters. The summed E-state index contributed by atoms with van der Waals surface area (Å²) >= 11 is 0. The third kappa shape index (κ3) is 3.61. The lowest BCUT2D eigenvalue weighted by Crippen LogP contribution is -2.43. The van der Waals surface area contributed by atoms with Crippen LogP contribution in [0.2, 0.25) is 0 Å². The molecule has 0 aliphatic carbocycles. The zero-order chi connectivity index (χ0) is 10.1. The van der Waals surface area contributed by atoms with Crippen molar-refractivity contribution in [3.63, 3.8) is 0 Å². The highest BCUT2D eigenvalue weighted by Crippen LogP contribution is 2.17. The molecular formula is C7H14ClN5O. The number of rotatable bonds is 0. The van der Waals surface area contributed by atoms with Gasteiger partial charge in [-0.1, -0.05) is 0 Å². The lowest BCUT2D eigenvalue weighted by atomic mass is 10.0. The van der Waals surface area contributed by atoms with Crippen molar-refractivity contribution in [2.45, 2.75) is 25.8 Å². The second kappa shape index (κ2) is 4.28. The Balaban J connectivity index is 0.00000169. The summed E-state index contributed by atoms with van der Waals surface area (Å²) in [6, 6.07) is 0. The maximum atomic E-state index is 11.1. The van der Waals surface area contributed by atoms with Crippen LogP contribution in [0.15, 0.2) is 9.98 Å². The number of nitrogens with one attached hydrogen (secondary N) is 1. The van der Waals surface area contributed by atoms with Crippen molar-refractivity contribution in [3.05, 3.63) is 0 Å². The van der Waals surface area contributed by atoms with Crippen molar-refractivity contribution >= 4 is 30.2 Å². The molecule has 0 saturated carbocycles. The fourth-order valence-electron chi connectivity index (χ4n) is 1.09. The highest BCUT2D eigenvalue weighted by Gasteiger charge is 2.27. The zero-order valence-corrected chi connectivity index (χ0v) is 8.89. The van der Waals surface area contributed by atoms with Crippen LogP contribution in [0.25, 0.3) is 0 Å². The Labute approximate surface area is 88.3 Å². The number of guanidine groups is 2. The Bertz CT molecular complexity index is 292. The number of aliphatic imine (C=N–C) groups is 2. The Morgan fingerprint density at radius 2 is 2.14 bits per heavy atom. The fraction of sp³-hybridized carbons (Fsp3) is 0.571. The molecule has 1 heterocycles. The maximum absolute atomic E-state index is 11.1. The van der Waals surface area contributed by atoms with Gasteiger partial charge in [0.05, 0.1) is 12.0 Å². The van der Waals surface area contributed by atoms with Crippen molar-refractivity contribution in [3.8, 4) is 0 Å². The molecule has 1 amide bonds. The number of amides is 1. The number of hydrogen-bond donors (Lipinski definition) is 3. The van der Waals surface area contributed by atoms with Gasteiger partial charge in [0.25, 0.3) is 0 Å². The minimum absolute atomic E-state index is 0. The van der Waals surface area contributed by atoms with Crippen molar-refractivity contribution in [2.75, 3.05) is 0 Å². The number of hydrogen-bond acceptors (Lipinski definition) is 3. The molecule has 0 aromatic carbocycles. The average Bonchev–Trinajstić information content (AvgIpc) is 1.78. The fourth-order valence-corrected chi connectivity index (χ4v) is 1.09. The summed E-state index contributed by atoms with van der Waals surface area (Å²) in [5.74, 6) is -0.0574. The van der Waals surface area contributed by atoms with E-state index in [4.69, 9.17) is 11.5 Å². The van der Waals surface area contributed by atoms with Gasteiger partial charge in [-0.2, -0.15) is 4.99 Å². The number of nitrogens with zero attached hydrogens (tertiary/aromatic N) is 2. The number of carbonyl (C=O) groups is 1. The van der Waals surface area contributed by atoms with Gasteiger partial charge in [-0.05, 0) is 13.8 Å². The third-order valence-electron chi connectivity index (χ3n) is 1.49. The molecule has 1 rings (SSSR count). The van der Waals surface area contributed by atoms with E-state index in [1.54, 1.807) is 0 Å². The summed E-state index contributed by atoms with van der Waals surface area (Å²) in [5.41, 5.74) is 9.87. The van der Waals surface area contributed by atoms with E-state index < -0.39 is 5.54 Å². The van der Waals surface area contributed by atoms with Crippen LogP contribution in [0.4, 0.5) is 0 Å². The molecule has 0 spiro atoms. The van der Waals surface area contributed by atoms with Crippen molar-refractivity contribution in [2.24, 2.45) is 21.5 Å². The third-order valence-corrected chi connectivity index (χ3v) is 1.49. The number of halogens is 1. The Morgan fingerprint density at radius 3 is 2.57 bits per heavy atom. The van der Waals surface area contributed by atoms with E-state index in [1.807, 2.05) is 13.8 Å². The molecule has 14 heavy (non-hydrogen) atoms. The molecule has 6 nitrogen and oxygen atoms in total. The van der Waals surface area contributed by atoms with Gasteiger partial charge in [-0.15, -0.1) is 12.4 Å². The van der Waals surface area contributed by atoms with Gasteiger partial charge in [0.15, 0.2) is 5.96 Å². The first-order valence-electron chi connectivity index (χ1n) is 3.88. The van der Waals surface area contributed by atoms with Gasteiger partial charge >= 0.3 is 0 Å². The molecule has 5 N–H and O–H groups in total. The van der Waals surface area contributed by atoms with Crippen LogP contribution < -0.4 is 16.8 Å². The first kappa shape index (κ1) is 12.7. The quantitative estimate of drug-likeness (QED) is 0.372. The minimum atomic E-state index is -0.434. The van der Waals surface area contributed by atoms with Gasteiger partial charge in [0.1, 0.15) is 0 Å². The van der Waals surface area contributed by atoms with Crippen molar-refractivity contribution in [1.29, 1.82) is 0 Å². The summed E-state index contributed by atoms with van der Waals surface area (Å²) in [4.78, 5) is 18.9. The molecule has 0 aromatic heterocycles. The second-order valence-electron chi connectivity index (χ2n) is 3.51.